The van der Waals surface area contributed by atoms with Gasteiger partial charge in [0.2, 0.25) is 5.28 Å². The van der Waals surface area contributed by atoms with Crippen molar-refractivity contribution in [3.05, 3.63) is 47.4 Å². The Morgan fingerprint density at radius 1 is 1.29 bits per heavy atom. The second-order valence-corrected chi connectivity index (χ2v) is 3.97. The van der Waals surface area contributed by atoms with Gasteiger partial charge in [0.05, 0.1) is 11.8 Å². The third kappa shape index (κ3) is 4.86. The molecule has 1 N–H and O–H groups in total. The van der Waals surface area contributed by atoms with Crippen LogP contribution in [0.5, 0.6) is 0 Å². The Kier molecular flexibility index (Phi) is 6.85. The summed E-state index contributed by atoms with van der Waals surface area (Å²) >= 11 is 5.72. The monoisotopic (exact) mass is 302 g/mol. The first-order valence-electron chi connectivity index (χ1n) is 6.45. The minimum absolute atomic E-state index is 0.0118. The van der Waals surface area contributed by atoms with E-state index in [0.29, 0.717) is 11.3 Å². The van der Waals surface area contributed by atoms with Gasteiger partial charge in [0.1, 0.15) is 6.54 Å². The van der Waals surface area contributed by atoms with Crippen LogP contribution in [0.25, 0.3) is 11.3 Å². The molecule has 0 saturated carbocycles. The number of hydrogen-bond donors (Lipinski definition) is 1. The number of hydrogen-bond acceptors (Lipinski definition) is 4. The number of nitriles is 1. The number of rotatable bonds is 3. The van der Waals surface area contributed by atoms with Crippen LogP contribution in [0.15, 0.2) is 36.5 Å². The fourth-order valence-corrected chi connectivity index (χ4v) is 1.66. The highest BCUT2D eigenvalue weighted by Crippen LogP contribution is 2.18. The van der Waals surface area contributed by atoms with Gasteiger partial charge in [0, 0.05) is 17.3 Å². The average molecular weight is 303 g/mol. The number of halogens is 1. The molecule has 1 aromatic carbocycles. The van der Waals surface area contributed by atoms with Gasteiger partial charge in [-0.15, -0.1) is 0 Å². The minimum atomic E-state index is -0.284. The zero-order chi connectivity index (χ0) is 15.7. The second-order valence-electron chi connectivity index (χ2n) is 3.63. The van der Waals surface area contributed by atoms with Crippen LogP contribution in [0, 0.1) is 11.3 Å². The number of amides is 1. The Bertz CT molecular complexity index is 635. The van der Waals surface area contributed by atoms with Gasteiger partial charge in [-0.2, -0.15) is 5.26 Å². The lowest BCUT2D eigenvalue weighted by Crippen LogP contribution is -2.23. The lowest BCUT2D eigenvalue weighted by molar-refractivity contribution is 0.0958. The Hall–Kier alpha value is -2.45. The summed E-state index contributed by atoms with van der Waals surface area (Å²) in [7, 11) is 0. The van der Waals surface area contributed by atoms with E-state index in [1.807, 2.05) is 19.9 Å². The molecular formula is C15H15ClN4O. The summed E-state index contributed by atoms with van der Waals surface area (Å²) in [4.78, 5) is 19.5. The van der Waals surface area contributed by atoms with E-state index in [1.165, 1.54) is 0 Å². The summed E-state index contributed by atoms with van der Waals surface area (Å²) in [5, 5.41) is 11.0. The average Bonchev–Trinajstić information content (AvgIpc) is 2.54. The number of benzene rings is 1. The molecular weight excluding hydrogens is 288 g/mol. The Morgan fingerprint density at radius 3 is 2.52 bits per heavy atom. The van der Waals surface area contributed by atoms with Gasteiger partial charge in [-0.25, -0.2) is 9.97 Å². The third-order valence-corrected chi connectivity index (χ3v) is 2.58. The summed E-state index contributed by atoms with van der Waals surface area (Å²) in [5.41, 5.74) is 2.00. The van der Waals surface area contributed by atoms with Gasteiger partial charge in [0.15, 0.2) is 0 Å². The molecule has 21 heavy (non-hydrogen) atoms. The molecule has 6 heteroatoms. The standard InChI is InChI=1S/C13H9ClN4O.C2H6/c14-13-17-7-5-11(18-13)9-1-3-10(4-2-9)12(19)16-8-6-15;1-2/h1-5,7H,8H2,(H,16,19);1-2H3. The lowest BCUT2D eigenvalue weighted by atomic mass is 10.1. The first kappa shape index (κ1) is 16.6. The number of carbonyl (C=O) groups is 1. The molecule has 0 bridgehead atoms. The maximum Gasteiger partial charge on any atom is 0.252 e. The van der Waals surface area contributed by atoms with Crippen molar-refractivity contribution in [2.24, 2.45) is 0 Å². The summed E-state index contributed by atoms with van der Waals surface area (Å²) in [6.45, 7) is 3.99. The fraction of sp³-hybridized carbons (Fsp3) is 0.200. The molecule has 0 fully saturated rings. The maximum absolute atomic E-state index is 11.6. The molecule has 0 aliphatic rings. The van der Waals surface area contributed by atoms with E-state index in [-0.39, 0.29) is 17.7 Å². The Morgan fingerprint density at radius 2 is 1.95 bits per heavy atom. The first-order chi connectivity index (χ1) is 10.2. The topological polar surface area (TPSA) is 78.7 Å². The predicted octanol–water partition coefficient (Wildman–Crippen LogP) is 3.08. The van der Waals surface area contributed by atoms with Crippen LogP contribution in [0.4, 0.5) is 0 Å². The Balaban J connectivity index is 0.00000106. The molecule has 0 unspecified atom stereocenters. The van der Waals surface area contributed by atoms with Crippen molar-refractivity contribution in [2.75, 3.05) is 6.54 Å². The maximum atomic E-state index is 11.6. The van der Waals surface area contributed by atoms with Gasteiger partial charge < -0.3 is 5.32 Å². The van der Waals surface area contributed by atoms with Crippen LogP contribution in [-0.4, -0.2) is 22.4 Å². The molecule has 2 aromatic rings. The highest BCUT2D eigenvalue weighted by Gasteiger charge is 2.06. The minimum Gasteiger partial charge on any atom is -0.339 e. The predicted molar refractivity (Wildman–Crippen MR) is 81.8 cm³/mol. The molecule has 1 heterocycles. The molecule has 5 nitrogen and oxygen atoms in total. The van der Waals surface area contributed by atoms with E-state index in [2.05, 4.69) is 15.3 Å². The molecule has 108 valence electrons. The van der Waals surface area contributed by atoms with Crippen molar-refractivity contribution in [3.63, 3.8) is 0 Å². The number of nitrogens with one attached hydrogen (secondary N) is 1. The van der Waals surface area contributed by atoms with Crippen LogP contribution in [0.2, 0.25) is 5.28 Å². The molecule has 0 saturated heterocycles. The summed E-state index contributed by atoms with van der Waals surface area (Å²) < 4.78 is 0. The molecule has 0 aliphatic carbocycles. The first-order valence-corrected chi connectivity index (χ1v) is 6.82. The molecule has 2 rings (SSSR count). The SMILES string of the molecule is CC.N#CCNC(=O)c1ccc(-c2ccnc(Cl)n2)cc1. The molecule has 0 aliphatic heterocycles. The van der Waals surface area contributed by atoms with Crippen LogP contribution in [-0.2, 0) is 0 Å². The van der Waals surface area contributed by atoms with Crippen LogP contribution >= 0.6 is 11.6 Å². The number of aromatic nitrogens is 2. The van der Waals surface area contributed by atoms with Crippen molar-refractivity contribution in [2.45, 2.75) is 13.8 Å². The molecule has 0 atom stereocenters. The number of nitrogens with zero attached hydrogens (tertiary/aromatic N) is 3. The second kappa shape index (κ2) is 8.67. The van der Waals surface area contributed by atoms with Crippen molar-refractivity contribution in [1.82, 2.24) is 15.3 Å². The van der Waals surface area contributed by atoms with E-state index in [0.717, 1.165) is 5.56 Å². The smallest absolute Gasteiger partial charge is 0.252 e. The molecule has 1 amide bonds. The van der Waals surface area contributed by atoms with Gasteiger partial charge in [-0.1, -0.05) is 26.0 Å². The van der Waals surface area contributed by atoms with Crippen LogP contribution in [0.1, 0.15) is 24.2 Å². The highest BCUT2D eigenvalue weighted by atomic mass is 35.5. The van der Waals surface area contributed by atoms with E-state index >= 15 is 0 Å². The van der Waals surface area contributed by atoms with E-state index in [4.69, 9.17) is 16.9 Å². The van der Waals surface area contributed by atoms with Crippen molar-refractivity contribution < 1.29 is 4.79 Å². The summed E-state index contributed by atoms with van der Waals surface area (Å²) in [6.07, 6.45) is 1.57. The fourth-order valence-electron chi connectivity index (χ4n) is 1.51. The normalized spacial score (nSPS) is 9.05. The van der Waals surface area contributed by atoms with Gasteiger partial charge >= 0.3 is 0 Å². The third-order valence-electron chi connectivity index (χ3n) is 2.40. The zero-order valence-corrected chi connectivity index (χ0v) is 12.6. The lowest BCUT2D eigenvalue weighted by Gasteiger charge is -2.03. The largest absolute Gasteiger partial charge is 0.339 e. The van der Waals surface area contributed by atoms with Crippen LogP contribution in [0.3, 0.4) is 0 Å². The van der Waals surface area contributed by atoms with Gasteiger partial charge in [-0.05, 0) is 29.8 Å². The highest BCUT2D eigenvalue weighted by molar-refractivity contribution is 6.28. The summed E-state index contributed by atoms with van der Waals surface area (Å²) in [5.74, 6) is -0.284. The molecule has 1 aromatic heterocycles. The van der Waals surface area contributed by atoms with E-state index in [9.17, 15) is 4.79 Å². The summed E-state index contributed by atoms with van der Waals surface area (Å²) in [6, 6.07) is 10.4. The molecule has 0 spiro atoms. The Labute approximate surface area is 128 Å². The van der Waals surface area contributed by atoms with Crippen LogP contribution < -0.4 is 5.32 Å². The van der Waals surface area contributed by atoms with E-state index in [1.54, 1.807) is 36.5 Å². The van der Waals surface area contributed by atoms with Gasteiger partial charge in [0.25, 0.3) is 5.91 Å². The zero-order valence-electron chi connectivity index (χ0n) is 11.8. The number of carbonyl (C=O) groups excluding carboxylic acids is 1. The van der Waals surface area contributed by atoms with Crippen molar-refractivity contribution in [1.29, 1.82) is 5.26 Å². The van der Waals surface area contributed by atoms with Crippen molar-refractivity contribution >= 4 is 17.5 Å². The van der Waals surface area contributed by atoms with Crippen molar-refractivity contribution in [3.8, 4) is 17.3 Å². The molecule has 0 radical (unpaired) electrons. The quantitative estimate of drug-likeness (QED) is 0.698. The van der Waals surface area contributed by atoms with Gasteiger partial charge in [-0.3, -0.25) is 4.79 Å². The van der Waals surface area contributed by atoms with E-state index < -0.39 is 0 Å².